The number of unbranched alkanes of at least 4 members (excludes halogenated alkanes) is 3. The van der Waals surface area contributed by atoms with Gasteiger partial charge in [-0.15, -0.1) is 0 Å². The largest absolute Gasteiger partial charge is 0.392 e. The third-order valence-corrected chi connectivity index (χ3v) is 3.77. The lowest BCUT2D eigenvalue weighted by Gasteiger charge is -2.41. The van der Waals surface area contributed by atoms with E-state index in [2.05, 4.69) is 6.92 Å². The fraction of sp³-hybridized carbons (Fsp3) is 0.929. The molecule has 100 valence electrons. The Kier molecular flexibility index (Phi) is 5.44. The summed E-state index contributed by atoms with van der Waals surface area (Å²) in [5, 5.41) is 9.84. The summed E-state index contributed by atoms with van der Waals surface area (Å²) in [6.45, 7) is 7.66. The zero-order chi connectivity index (χ0) is 12.9. The second-order valence-corrected chi connectivity index (χ2v) is 5.92. The zero-order valence-corrected chi connectivity index (χ0v) is 11.5. The quantitative estimate of drug-likeness (QED) is 0.752. The van der Waals surface area contributed by atoms with Gasteiger partial charge in [0.05, 0.1) is 6.10 Å². The Morgan fingerprint density at radius 1 is 1.35 bits per heavy atom. The summed E-state index contributed by atoms with van der Waals surface area (Å²) >= 11 is 0. The number of hydrogen-bond donors (Lipinski definition) is 1. The first-order valence-corrected chi connectivity index (χ1v) is 6.93. The van der Waals surface area contributed by atoms with Gasteiger partial charge in [-0.2, -0.15) is 0 Å². The van der Waals surface area contributed by atoms with Crippen LogP contribution in [0.1, 0.15) is 59.3 Å². The highest BCUT2D eigenvalue weighted by atomic mass is 16.3. The first-order valence-electron chi connectivity index (χ1n) is 6.93. The van der Waals surface area contributed by atoms with E-state index in [4.69, 9.17) is 0 Å². The Morgan fingerprint density at radius 2 is 2.06 bits per heavy atom. The second-order valence-electron chi connectivity index (χ2n) is 5.92. The molecular formula is C14H27NO2. The summed E-state index contributed by atoms with van der Waals surface area (Å²) in [5.41, 5.74) is -0.155. The van der Waals surface area contributed by atoms with Gasteiger partial charge in [0.2, 0.25) is 5.91 Å². The van der Waals surface area contributed by atoms with Crippen LogP contribution < -0.4 is 0 Å². The van der Waals surface area contributed by atoms with Crippen LogP contribution in [-0.4, -0.2) is 35.1 Å². The minimum atomic E-state index is -0.272. The molecule has 1 heterocycles. The average molecular weight is 241 g/mol. The summed E-state index contributed by atoms with van der Waals surface area (Å²) in [6.07, 6.45) is 5.70. The molecule has 1 aliphatic rings. The van der Waals surface area contributed by atoms with Gasteiger partial charge in [0.1, 0.15) is 0 Å². The van der Waals surface area contributed by atoms with Crippen LogP contribution in [0.15, 0.2) is 0 Å². The third-order valence-electron chi connectivity index (χ3n) is 3.77. The minimum Gasteiger partial charge on any atom is -0.392 e. The summed E-state index contributed by atoms with van der Waals surface area (Å²) in [4.78, 5) is 13.9. The predicted molar refractivity (Wildman–Crippen MR) is 69.7 cm³/mol. The Morgan fingerprint density at radius 3 is 2.65 bits per heavy atom. The van der Waals surface area contributed by atoms with Crippen molar-refractivity contribution in [3.63, 3.8) is 0 Å². The van der Waals surface area contributed by atoms with E-state index in [-0.39, 0.29) is 17.4 Å². The van der Waals surface area contributed by atoms with Crippen LogP contribution in [0, 0.1) is 5.41 Å². The van der Waals surface area contributed by atoms with E-state index in [0.29, 0.717) is 19.4 Å². The third kappa shape index (κ3) is 4.30. The highest BCUT2D eigenvalue weighted by Crippen LogP contribution is 2.29. The molecule has 1 N–H and O–H groups in total. The van der Waals surface area contributed by atoms with Gasteiger partial charge >= 0.3 is 0 Å². The van der Waals surface area contributed by atoms with Crippen molar-refractivity contribution >= 4 is 5.91 Å². The lowest BCUT2D eigenvalue weighted by molar-refractivity contribution is -0.137. The summed E-state index contributed by atoms with van der Waals surface area (Å²) < 4.78 is 0. The fourth-order valence-electron chi connectivity index (χ4n) is 2.42. The maximum absolute atomic E-state index is 12.0. The first kappa shape index (κ1) is 14.5. The van der Waals surface area contributed by atoms with Crippen molar-refractivity contribution in [2.45, 2.75) is 65.4 Å². The molecule has 0 saturated carbocycles. The van der Waals surface area contributed by atoms with Crippen LogP contribution in [0.5, 0.6) is 0 Å². The van der Waals surface area contributed by atoms with Gasteiger partial charge in [-0.25, -0.2) is 0 Å². The van der Waals surface area contributed by atoms with Gasteiger partial charge in [-0.3, -0.25) is 4.79 Å². The van der Waals surface area contributed by atoms with Crippen LogP contribution in [0.2, 0.25) is 0 Å². The van der Waals surface area contributed by atoms with Crippen molar-refractivity contribution in [3.05, 3.63) is 0 Å². The fourth-order valence-corrected chi connectivity index (χ4v) is 2.42. The van der Waals surface area contributed by atoms with E-state index in [1.54, 1.807) is 0 Å². The number of aliphatic hydroxyl groups is 1. The maximum Gasteiger partial charge on any atom is 0.222 e. The number of piperidine rings is 1. The van der Waals surface area contributed by atoms with Crippen molar-refractivity contribution in [1.29, 1.82) is 0 Å². The maximum atomic E-state index is 12.0. The SMILES string of the molecule is CCCCCCC(=O)N1CCC(O)C(C)(C)C1. The Bertz CT molecular complexity index is 251. The van der Waals surface area contributed by atoms with Crippen LogP contribution in [-0.2, 0) is 4.79 Å². The first-order chi connectivity index (χ1) is 7.97. The molecule has 3 heteroatoms. The van der Waals surface area contributed by atoms with Gasteiger partial charge in [0, 0.05) is 24.9 Å². The van der Waals surface area contributed by atoms with Crippen LogP contribution in [0.4, 0.5) is 0 Å². The van der Waals surface area contributed by atoms with Crippen LogP contribution in [0.3, 0.4) is 0 Å². The lowest BCUT2D eigenvalue weighted by atomic mass is 9.81. The van der Waals surface area contributed by atoms with Crippen molar-refractivity contribution < 1.29 is 9.90 Å². The molecule has 0 radical (unpaired) electrons. The van der Waals surface area contributed by atoms with Gasteiger partial charge < -0.3 is 10.0 Å². The normalized spacial score (nSPS) is 23.8. The molecular weight excluding hydrogens is 214 g/mol. The second kappa shape index (κ2) is 6.39. The molecule has 0 spiro atoms. The standard InChI is InChI=1S/C14H27NO2/c1-4-5-6-7-8-13(17)15-10-9-12(16)14(2,3)11-15/h12,16H,4-11H2,1-3H3. The van der Waals surface area contributed by atoms with E-state index >= 15 is 0 Å². The van der Waals surface area contributed by atoms with E-state index < -0.39 is 0 Å². The number of aliphatic hydroxyl groups excluding tert-OH is 1. The van der Waals surface area contributed by atoms with Crippen molar-refractivity contribution in [2.24, 2.45) is 5.41 Å². The van der Waals surface area contributed by atoms with Gasteiger partial charge in [-0.05, 0) is 12.8 Å². The van der Waals surface area contributed by atoms with Crippen LogP contribution in [0.25, 0.3) is 0 Å². The molecule has 0 aromatic heterocycles. The molecule has 1 rings (SSSR count). The van der Waals surface area contributed by atoms with Crippen molar-refractivity contribution in [3.8, 4) is 0 Å². The molecule has 1 unspecified atom stereocenters. The molecule has 1 saturated heterocycles. The number of likely N-dealkylation sites (tertiary alicyclic amines) is 1. The van der Waals surface area contributed by atoms with E-state index in [9.17, 15) is 9.90 Å². The van der Waals surface area contributed by atoms with Crippen LogP contribution >= 0.6 is 0 Å². The van der Waals surface area contributed by atoms with Gasteiger partial charge in [0.15, 0.2) is 0 Å². The molecule has 1 fully saturated rings. The summed E-state index contributed by atoms with van der Waals surface area (Å²) in [6, 6.07) is 0. The number of rotatable bonds is 5. The Hall–Kier alpha value is -0.570. The smallest absolute Gasteiger partial charge is 0.222 e. The Labute approximate surface area is 105 Å². The number of carbonyl (C=O) groups is 1. The molecule has 0 aromatic carbocycles. The molecule has 1 amide bonds. The van der Waals surface area contributed by atoms with Gasteiger partial charge in [0.25, 0.3) is 0 Å². The zero-order valence-electron chi connectivity index (χ0n) is 11.5. The Balaban J connectivity index is 2.33. The number of hydrogen-bond acceptors (Lipinski definition) is 2. The lowest BCUT2D eigenvalue weighted by Crippen LogP contribution is -2.50. The molecule has 3 nitrogen and oxygen atoms in total. The number of carbonyl (C=O) groups excluding carboxylic acids is 1. The van der Waals surface area contributed by atoms with E-state index in [1.807, 2.05) is 18.7 Å². The van der Waals surface area contributed by atoms with Gasteiger partial charge in [-0.1, -0.05) is 40.0 Å². The molecule has 1 atom stereocenters. The molecule has 17 heavy (non-hydrogen) atoms. The molecule has 0 aromatic rings. The predicted octanol–water partition coefficient (Wildman–Crippen LogP) is 2.58. The van der Waals surface area contributed by atoms with Crippen molar-refractivity contribution in [2.75, 3.05) is 13.1 Å². The van der Waals surface area contributed by atoms with E-state index in [0.717, 1.165) is 19.4 Å². The van der Waals surface area contributed by atoms with Crippen molar-refractivity contribution in [1.82, 2.24) is 4.90 Å². The number of nitrogens with zero attached hydrogens (tertiary/aromatic N) is 1. The summed E-state index contributed by atoms with van der Waals surface area (Å²) in [7, 11) is 0. The minimum absolute atomic E-state index is 0.155. The molecule has 0 aliphatic carbocycles. The highest BCUT2D eigenvalue weighted by Gasteiger charge is 2.35. The molecule has 0 bridgehead atoms. The molecule has 1 aliphatic heterocycles. The topological polar surface area (TPSA) is 40.5 Å². The summed E-state index contributed by atoms with van der Waals surface area (Å²) in [5.74, 6) is 0.265. The average Bonchev–Trinajstić information content (AvgIpc) is 2.28. The number of amides is 1. The monoisotopic (exact) mass is 241 g/mol. The highest BCUT2D eigenvalue weighted by molar-refractivity contribution is 5.76. The van der Waals surface area contributed by atoms with E-state index in [1.165, 1.54) is 12.8 Å².